The molecule has 146 valence electrons. The Morgan fingerprint density at radius 2 is 2.11 bits per heavy atom. The Hall–Kier alpha value is -1.69. The van der Waals surface area contributed by atoms with Crippen LogP contribution in [-0.2, 0) is 14.3 Å². The zero-order valence-electron chi connectivity index (χ0n) is 16.9. The van der Waals surface area contributed by atoms with Crippen molar-refractivity contribution < 1.29 is 14.3 Å². The minimum atomic E-state index is -0.715. The van der Waals surface area contributed by atoms with Gasteiger partial charge in [-0.2, -0.15) is 0 Å². The van der Waals surface area contributed by atoms with Crippen LogP contribution in [0, 0.1) is 41.4 Å². The number of esters is 1. The van der Waals surface area contributed by atoms with Crippen LogP contribution in [0.5, 0.6) is 0 Å². The average Bonchev–Trinajstić information content (AvgIpc) is 2.94. The second-order valence-electron chi connectivity index (χ2n) is 9.12. The number of carbonyl (C=O) groups excluding carboxylic acids is 1. The zero-order chi connectivity index (χ0) is 19.2. The molecule has 0 N–H and O–H groups in total. The molecule has 0 radical (unpaired) electrons. The van der Waals surface area contributed by atoms with Crippen molar-refractivity contribution in [1.29, 1.82) is 0 Å². The summed E-state index contributed by atoms with van der Waals surface area (Å²) in [5, 5.41) is 0. The molecule has 4 rings (SSSR count). The Morgan fingerprint density at radius 3 is 2.81 bits per heavy atom. The topological polar surface area (TPSA) is 35.5 Å². The summed E-state index contributed by atoms with van der Waals surface area (Å²) in [4.78, 5) is 11.8. The maximum Gasteiger partial charge on any atom is 0.304 e. The molecule has 3 nitrogen and oxygen atoms in total. The molecule has 0 heterocycles. The minimum absolute atomic E-state index is 0.0963. The molecular formula is C24H32O3. The van der Waals surface area contributed by atoms with Crippen molar-refractivity contribution in [2.45, 2.75) is 71.3 Å². The molecule has 0 aromatic carbocycles. The number of carbonyl (C=O) groups is 1. The van der Waals surface area contributed by atoms with Gasteiger partial charge in [0, 0.05) is 18.8 Å². The quantitative estimate of drug-likeness (QED) is 0.518. The first kappa shape index (κ1) is 18.7. The van der Waals surface area contributed by atoms with Crippen molar-refractivity contribution in [1.82, 2.24) is 0 Å². The van der Waals surface area contributed by atoms with E-state index in [1.807, 2.05) is 0 Å². The molecule has 0 spiro atoms. The molecule has 6 unspecified atom stereocenters. The molecule has 2 fully saturated rings. The fraction of sp³-hybridized carbons (Fsp3) is 0.708. The lowest BCUT2D eigenvalue weighted by Gasteiger charge is -2.54. The van der Waals surface area contributed by atoms with Gasteiger partial charge < -0.3 is 9.47 Å². The molecule has 0 aliphatic heterocycles. The van der Waals surface area contributed by atoms with Gasteiger partial charge in [-0.1, -0.05) is 18.9 Å². The third kappa shape index (κ3) is 2.75. The van der Waals surface area contributed by atoms with Crippen molar-refractivity contribution in [3.8, 4) is 12.3 Å². The number of hydrogen-bond acceptors (Lipinski definition) is 3. The van der Waals surface area contributed by atoms with Gasteiger partial charge in [-0.25, -0.2) is 0 Å². The maximum absolute atomic E-state index is 11.8. The lowest BCUT2D eigenvalue weighted by atomic mass is 9.51. The van der Waals surface area contributed by atoms with E-state index in [0.29, 0.717) is 17.8 Å². The van der Waals surface area contributed by atoms with Crippen LogP contribution in [-0.4, -0.2) is 18.2 Å². The molecule has 27 heavy (non-hydrogen) atoms. The van der Waals surface area contributed by atoms with Gasteiger partial charge in [-0.3, -0.25) is 4.79 Å². The molecule has 4 aliphatic rings. The first-order chi connectivity index (χ1) is 12.9. The van der Waals surface area contributed by atoms with Gasteiger partial charge in [0.15, 0.2) is 5.60 Å². The summed E-state index contributed by atoms with van der Waals surface area (Å²) < 4.78 is 11.6. The first-order valence-corrected chi connectivity index (χ1v) is 10.6. The van der Waals surface area contributed by atoms with Crippen molar-refractivity contribution in [3.05, 3.63) is 23.5 Å². The fourth-order valence-corrected chi connectivity index (χ4v) is 6.91. The summed E-state index contributed by atoms with van der Waals surface area (Å²) >= 11 is 0. The highest BCUT2D eigenvalue weighted by Crippen LogP contribution is 2.65. The van der Waals surface area contributed by atoms with E-state index in [-0.39, 0.29) is 11.4 Å². The first-order valence-electron chi connectivity index (χ1n) is 10.6. The van der Waals surface area contributed by atoms with Crippen LogP contribution in [0.15, 0.2) is 23.5 Å². The predicted octanol–water partition coefficient (Wildman–Crippen LogP) is 5.02. The highest BCUT2D eigenvalue weighted by atomic mass is 16.6. The molecule has 0 bridgehead atoms. The number of fused-ring (bicyclic) bond motifs is 5. The summed E-state index contributed by atoms with van der Waals surface area (Å²) in [5.41, 5.74) is 0.685. The van der Waals surface area contributed by atoms with E-state index in [4.69, 9.17) is 15.9 Å². The van der Waals surface area contributed by atoms with E-state index in [0.717, 1.165) is 50.4 Å². The van der Waals surface area contributed by atoms with Crippen LogP contribution >= 0.6 is 0 Å². The monoisotopic (exact) mass is 368 g/mol. The fourth-order valence-electron chi connectivity index (χ4n) is 6.91. The maximum atomic E-state index is 11.8. The van der Waals surface area contributed by atoms with Crippen molar-refractivity contribution in [2.75, 3.05) is 6.61 Å². The highest BCUT2D eigenvalue weighted by molar-refractivity contribution is 5.67. The van der Waals surface area contributed by atoms with E-state index in [1.54, 1.807) is 0 Å². The second-order valence-corrected chi connectivity index (χ2v) is 9.12. The Kier molecular flexibility index (Phi) is 4.65. The van der Waals surface area contributed by atoms with E-state index >= 15 is 0 Å². The normalized spacial score (nSPS) is 42.6. The van der Waals surface area contributed by atoms with Crippen LogP contribution < -0.4 is 0 Å². The highest BCUT2D eigenvalue weighted by Gasteiger charge is 2.64. The van der Waals surface area contributed by atoms with Crippen LogP contribution in [0.1, 0.15) is 65.7 Å². The van der Waals surface area contributed by atoms with Crippen molar-refractivity contribution in [2.24, 2.45) is 29.1 Å². The van der Waals surface area contributed by atoms with Gasteiger partial charge in [-0.15, -0.1) is 6.42 Å². The largest absolute Gasteiger partial charge is 0.498 e. The number of terminal acetylenes is 1. The molecular weight excluding hydrogens is 336 g/mol. The van der Waals surface area contributed by atoms with Crippen molar-refractivity contribution in [3.63, 3.8) is 0 Å². The molecule has 6 atom stereocenters. The third-order valence-corrected chi connectivity index (χ3v) is 8.09. The van der Waals surface area contributed by atoms with Gasteiger partial charge in [0.1, 0.15) is 0 Å². The van der Waals surface area contributed by atoms with Crippen LogP contribution in [0.4, 0.5) is 0 Å². The van der Waals surface area contributed by atoms with Crippen LogP contribution in [0.25, 0.3) is 0 Å². The van der Waals surface area contributed by atoms with Gasteiger partial charge in [0.25, 0.3) is 0 Å². The Bertz CT molecular complexity index is 726. The predicted molar refractivity (Wildman–Crippen MR) is 106 cm³/mol. The van der Waals surface area contributed by atoms with Crippen molar-refractivity contribution >= 4 is 5.97 Å². The summed E-state index contributed by atoms with van der Waals surface area (Å²) in [7, 11) is 0. The SMILES string of the molecule is C#CC1(OC(C)=O)CCC2C3CC=C4C=C(OCC)CCC4C3CCC21C. The minimum Gasteiger partial charge on any atom is -0.498 e. The molecule has 2 saturated carbocycles. The molecule has 0 aromatic heterocycles. The number of rotatable bonds is 3. The zero-order valence-corrected chi connectivity index (χ0v) is 16.9. The lowest BCUT2D eigenvalue weighted by Crippen LogP contribution is -2.53. The third-order valence-electron chi connectivity index (χ3n) is 8.09. The summed E-state index contributed by atoms with van der Waals surface area (Å²) in [6, 6.07) is 0. The van der Waals surface area contributed by atoms with E-state index in [2.05, 4.69) is 31.9 Å². The van der Waals surface area contributed by atoms with Crippen LogP contribution in [0.2, 0.25) is 0 Å². The smallest absolute Gasteiger partial charge is 0.304 e. The lowest BCUT2D eigenvalue weighted by molar-refractivity contribution is -0.167. The van der Waals surface area contributed by atoms with Gasteiger partial charge in [0.05, 0.1) is 12.4 Å². The Balaban J connectivity index is 1.62. The number of hydrogen-bond donors (Lipinski definition) is 0. The summed E-state index contributed by atoms with van der Waals surface area (Å²) in [6.07, 6.45) is 18.2. The van der Waals surface area contributed by atoms with Gasteiger partial charge in [0.2, 0.25) is 0 Å². The number of allylic oxidation sites excluding steroid dienone is 4. The van der Waals surface area contributed by atoms with E-state index in [1.165, 1.54) is 25.3 Å². The molecule has 0 amide bonds. The van der Waals surface area contributed by atoms with Gasteiger partial charge in [-0.05, 0) is 80.8 Å². The number of ether oxygens (including phenoxy) is 2. The summed E-state index contributed by atoms with van der Waals surface area (Å²) in [6.45, 7) is 6.58. The molecule has 0 aromatic rings. The molecule has 4 aliphatic carbocycles. The molecule has 3 heteroatoms. The Morgan fingerprint density at radius 1 is 1.30 bits per heavy atom. The average molecular weight is 369 g/mol. The van der Waals surface area contributed by atoms with E-state index < -0.39 is 5.60 Å². The summed E-state index contributed by atoms with van der Waals surface area (Å²) in [5.74, 6) is 6.43. The van der Waals surface area contributed by atoms with Gasteiger partial charge >= 0.3 is 5.97 Å². The van der Waals surface area contributed by atoms with E-state index in [9.17, 15) is 4.79 Å². The molecule has 0 saturated heterocycles. The second kappa shape index (κ2) is 6.73. The van der Waals surface area contributed by atoms with Crippen LogP contribution in [0.3, 0.4) is 0 Å². The Labute approximate surface area is 163 Å². The standard InChI is InChI=1S/C24H32O3/c1-5-24(27-16(3)25)14-12-22-21-9-7-17-15-18(26-6-2)8-10-19(17)20(21)11-13-23(22,24)4/h1,7,15,19-22H,6,8-14H2,2-4H3.